The summed E-state index contributed by atoms with van der Waals surface area (Å²) in [7, 11) is 0. The summed E-state index contributed by atoms with van der Waals surface area (Å²) < 4.78 is 27.2. The lowest BCUT2D eigenvalue weighted by Crippen LogP contribution is -2.25. The zero-order chi connectivity index (χ0) is 12.1. The van der Waals surface area contributed by atoms with Crippen LogP contribution in [0.25, 0.3) is 0 Å². The molecule has 0 aromatic heterocycles. The molecule has 0 unspecified atom stereocenters. The van der Waals surface area contributed by atoms with Crippen molar-refractivity contribution >= 4 is 12.0 Å². The third-order valence-corrected chi connectivity index (χ3v) is 2.37. The average molecular weight is 227 g/mol. The van der Waals surface area contributed by atoms with Crippen molar-refractivity contribution in [3.05, 3.63) is 29.3 Å². The number of nitrogens with zero attached hydrogens (tertiary/aromatic N) is 1. The van der Waals surface area contributed by atoms with Crippen molar-refractivity contribution in [3.63, 3.8) is 0 Å². The van der Waals surface area contributed by atoms with E-state index in [1.807, 2.05) is 13.8 Å². The van der Waals surface area contributed by atoms with Crippen LogP contribution in [0, 0.1) is 11.6 Å². The van der Waals surface area contributed by atoms with Crippen LogP contribution in [0.15, 0.2) is 12.1 Å². The Morgan fingerprint density at radius 1 is 1.25 bits per heavy atom. The molecular weight excluding hydrogens is 212 g/mol. The molecule has 0 saturated heterocycles. The summed E-state index contributed by atoms with van der Waals surface area (Å²) in [4.78, 5) is 12.1. The van der Waals surface area contributed by atoms with Gasteiger partial charge in [0.2, 0.25) is 0 Å². The second-order valence-corrected chi connectivity index (χ2v) is 3.53. The standard InChI is InChI=1S/C12H15F2NO/c1-3-5-15(4-2)12-10(13)6-9(8-16)7-11(12)14/h6-8H,3-5H2,1-2H3. The number of hydrogen-bond acceptors (Lipinski definition) is 2. The predicted molar refractivity (Wildman–Crippen MR) is 59.9 cm³/mol. The first-order valence-electron chi connectivity index (χ1n) is 5.33. The molecule has 0 N–H and O–H groups in total. The van der Waals surface area contributed by atoms with Crippen LogP contribution in [0.5, 0.6) is 0 Å². The van der Waals surface area contributed by atoms with Gasteiger partial charge in [-0.25, -0.2) is 8.78 Å². The molecule has 0 bridgehead atoms. The van der Waals surface area contributed by atoms with E-state index >= 15 is 0 Å². The maximum absolute atomic E-state index is 13.6. The SMILES string of the molecule is CCCN(CC)c1c(F)cc(C=O)cc1F. The molecule has 16 heavy (non-hydrogen) atoms. The fourth-order valence-electron chi connectivity index (χ4n) is 1.65. The average Bonchev–Trinajstić information content (AvgIpc) is 2.26. The van der Waals surface area contributed by atoms with E-state index in [1.165, 1.54) is 0 Å². The van der Waals surface area contributed by atoms with Crippen molar-refractivity contribution in [1.29, 1.82) is 0 Å². The first-order valence-corrected chi connectivity index (χ1v) is 5.33. The number of hydrogen-bond donors (Lipinski definition) is 0. The van der Waals surface area contributed by atoms with Crippen LogP contribution >= 0.6 is 0 Å². The van der Waals surface area contributed by atoms with Crippen LogP contribution in [0.2, 0.25) is 0 Å². The monoisotopic (exact) mass is 227 g/mol. The Balaban J connectivity index is 3.16. The molecule has 0 aliphatic carbocycles. The highest BCUT2D eigenvalue weighted by atomic mass is 19.1. The largest absolute Gasteiger partial charge is 0.367 e. The topological polar surface area (TPSA) is 20.3 Å². The number of carbonyl (C=O) groups excluding carboxylic acids is 1. The summed E-state index contributed by atoms with van der Waals surface area (Å²) in [6.07, 6.45) is 1.24. The molecule has 88 valence electrons. The van der Waals surface area contributed by atoms with Crippen molar-refractivity contribution in [1.82, 2.24) is 0 Å². The Bertz CT molecular complexity index is 356. The number of anilines is 1. The molecule has 1 aromatic rings. The molecule has 0 aliphatic heterocycles. The maximum atomic E-state index is 13.6. The molecule has 0 spiro atoms. The van der Waals surface area contributed by atoms with Crippen molar-refractivity contribution in [3.8, 4) is 0 Å². The summed E-state index contributed by atoms with van der Waals surface area (Å²) in [5, 5.41) is 0. The lowest BCUT2D eigenvalue weighted by Gasteiger charge is -2.23. The first kappa shape index (κ1) is 12.6. The highest BCUT2D eigenvalue weighted by Crippen LogP contribution is 2.24. The smallest absolute Gasteiger partial charge is 0.150 e. The highest BCUT2D eigenvalue weighted by molar-refractivity contribution is 5.76. The zero-order valence-electron chi connectivity index (χ0n) is 9.46. The van der Waals surface area contributed by atoms with Gasteiger partial charge in [-0.05, 0) is 25.5 Å². The van der Waals surface area contributed by atoms with Crippen LogP contribution in [0.3, 0.4) is 0 Å². The number of aldehydes is 1. The third kappa shape index (κ3) is 2.56. The highest BCUT2D eigenvalue weighted by Gasteiger charge is 2.16. The van der Waals surface area contributed by atoms with Crippen LogP contribution in [-0.2, 0) is 0 Å². The van der Waals surface area contributed by atoms with Gasteiger partial charge in [-0.1, -0.05) is 6.92 Å². The Hall–Kier alpha value is -1.45. The zero-order valence-corrected chi connectivity index (χ0v) is 9.46. The van der Waals surface area contributed by atoms with E-state index in [4.69, 9.17) is 0 Å². The Kier molecular flexibility index (Phi) is 4.40. The van der Waals surface area contributed by atoms with Crippen molar-refractivity contribution in [2.75, 3.05) is 18.0 Å². The van der Waals surface area contributed by atoms with Gasteiger partial charge in [-0.3, -0.25) is 4.79 Å². The van der Waals surface area contributed by atoms with Crippen molar-refractivity contribution < 1.29 is 13.6 Å². The number of carbonyl (C=O) groups is 1. The van der Waals surface area contributed by atoms with Gasteiger partial charge in [0, 0.05) is 18.7 Å². The van der Waals surface area contributed by atoms with Gasteiger partial charge in [-0.15, -0.1) is 0 Å². The molecule has 0 saturated carbocycles. The van der Waals surface area contributed by atoms with Crippen LogP contribution in [0.4, 0.5) is 14.5 Å². The lowest BCUT2D eigenvalue weighted by molar-refractivity contribution is 0.112. The molecule has 0 amide bonds. The molecule has 0 fully saturated rings. The predicted octanol–water partition coefficient (Wildman–Crippen LogP) is 3.01. The van der Waals surface area contributed by atoms with Gasteiger partial charge in [0.05, 0.1) is 0 Å². The summed E-state index contributed by atoms with van der Waals surface area (Å²) in [5.74, 6) is -1.37. The minimum atomic E-state index is -0.683. The molecular formula is C12H15F2NO. The Morgan fingerprint density at radius 2 is 1.81 bits per heavy atom. The minimum absolute atomic E-state index is 0.0197. The van der Waals surface area contributed by atoms with Gasteiger partial charge in [-0.2, -0.15) is 0 Å². The fourth-order valence-corrected chi connectivity index (χ4v) is 1.65. The summed E-state index contributed by atoms with van der Waals surface area (Å²) in [6.45, 7) is 4.90. The van der Waals surface area contributed by atoms with Crippen LogP contribution in [-0.4, -0.2) is 19.4 Å². The van der Waals surface area contributed by atoms with E-state index in [1.54, 1.807) is 4.90 Å². The number of halogens is 2. The second-order valence-electron chi connectivity index (χ2n) is 3.53. The molecule has 2 nitrogen and oxygen atoms in total. The summed E-state index contributed by atoms with van der Waals surface area (Å²) in [5.41, 5.74) is -0.0266. The van der Waals surface area contributed by atoms with E-state index in [2.05, 4.69) is 0 Å². The molecule has 0 aliphatic rings. The Morgan fingerprint density at radius 3 is 2.19 bits per heavy atom. The van der Waals surface area contributed by atoms with E-state index in [0.717, 1.165) is 18.6 Å². The van der Waals surface area contributed by atoms with Gasteiger partial charge in [0.1, 0.15) is 23.6 Å². The molecule has 0 radical (unpaired) electrons. The van der Waals surface area contributed by atoms with Crippen LogP contribution in [0.1, 0.15) is 30.6 Å². The van der Waals surface area contributed by atoms with Crippen molar-refractivity contribution in [2.45, 2.75) is 20.3 Å². The molecule has 1 rings (SSSR count). The maximum Gasteiger partial charge on any atom is 0.150 e. The van der Waals surface area contributed by atoms with E-state index in [-0.39, 0.29) is 11.3 Å². The molecule has 4 heteroatoms. The fraction of sp³-hybridized carbons (Fsp3) is 0.417. The molecule has 0 atom stereocenters. The van der Waals surface area contributed by atoms with Gasteiger partial charge in [0.25, 0.3) is 0 Å². The quantitative estimate of drug-likeness (QED) is 0.721. The number of benzene rings is 1. The van der Waals surface area contributed by atoms with E-state index < -0.39 is 11.6 Å². The minimum Gasteiger partial charge on any atom is -0.367 e. The summed E-state index contributed by atoms with van der Waals surface area (Å²) in [6, 6.07) is 2.12. The normalized spacial score (nSPS) is 10.2. The van der Waals surface area contributed by atoms with Gasteiger partial charge < -0.3 is 4.90 Å². The van der Waals surface area contributed by atoms with E-state index in [0.29, 0.717) is 19.4 Å². The van der Waals surface area contributed by atoms with Gasteiger partial charge >= 0.3 is 0 Å². The van der Waals surface area contributed by atoms with Crippen LogP contribution < -0.4 is 4.90 Å². The van der Waals surface area contributed by atoms with Gasteiger partial charge in [0.15, 0.2) is 0 Å². The Labute approximate surface area is 93.9 Å². The number of rotatable bonds is 5. The lowest BCUT2D eigenvalue weighted by atomic mass is 10.2. The summed E-state index contributed by atoms with van der Waals surface area (Å²) >= 11 is 0. The second kappa shape index (κ2) is 5.58. The molecule has 0 heterocycles. The van der Waals surface area contributed by atoms with E-state index in [9.17, 15) is 13.6 Å². The third-order valence-electron chi connectivity index (χ3n) is 2.37. The first-order chi connectivity index (χ1) is 7.63. The van der Waals surface area contributed by atoms with Crippen molar-refractivity contribution in [2.24, 2.45) is 0 Å². The molecule has 1 aromatic carbocycles.